The fourth-order valence-corrected chi connectivity index (χ4v) is 2.21. The standard InChI is InChI=1S/C13H19F2N3O2/c1-10(9-18-7-3-6-17-18)8-16-11(19)13(14,15)12(20)4-2-5-12/h3,6-7,10,20H,2,4-5,8-9H2,1H3,(H,16,19). The van der Waals surface area contributed by atoms with Crippen molar-refractivity contribution in [1.29, 1.82) is 0 Å². The third kappa shape index (κ3) is 2.82. The molecule has 1 saturated carbocycles. The van der Waals surface area contributed by atoms with Crippen LogP contribution in [0, 0.1) is 5.92 Å². The Morgan fingerprint density at radius 2 is 2.30 bits per heavy atom. The summed E-state index contributed by atoms with van der Waals surface area (Å²) in [4.78, 5) is 11.6. The molecule has 0 radical (unpaired) electrons. The molecular formula is C13H19F2N3O2. The maximum absolute atomic E-state index is 13.8. The van der Waals surface area contributed by atoms with Crippen molar-refractivity contribution in [2.75, 3.05) is 6.54 Å². The zero-order chi connectivity index (χ0) is 14.8. The topological polar surface area (TPSA) is 67.2 Å². The summed E-state index contributed by atoms with van der Waals surface area (Å²) < 4.78 is 29.3. The van der Waals surface area contributed by atoms with Gasteiger partial charge >= 0.3 is 5.92 Å². The summed E-state index contributed by atoms with van der Waals surface area (Å²) in [6.07, 6.45) is 3.86. The monoisotopic (exact) mass is 287 g/mol. The molecule has 1 aliphatic carbocycles. The maximum Gasteiger partial charge on any atom is 0.352 e. The van der Waals surface area contributed by atoms with Gasteiger partial charge in [-0.2, -0.15) is 13.9 Å². The third-order valence-electron chi connectivity index (χ3n) is 3.72. The molecule has 1 atom stereocenters. The lowest BCUT2D eigenvalue weighted by Gasteiger charge is -2.41. The second-order valence-electron chi connectivity index (χ2n) is 5.50. The molecular weight excluding hydrogens is 268 g/mol. The fraction of sp³-hybridized carbons (Fsp3) is 0.692. The number of aromatic nitrogens is 2. The van der Waals surface area contributed by atoms with Crippen LogP contribution in [-0.4, -0.2) is 38.9 Å². The number of aliphatic hydroxyl groups is 1. The molecule has 0 aliphatic heterocycles. The van der Waals surface area contributed by atoms with E-state index in [0.717, 1.165) is 0 Å². The zero-order valence-corrected chi connectivity index (χ0v) is 11.4. The number of rotatable bonds is 6. The van der Waals surface area contributed by atoms with Gasteiger partial charge in [-0.1, -0.05) is 6.92 Å². The van der Waals surface area contributed by atoms with Crippen molar-refractivity contribution in [2.24, 2.45) is 5.92 Å². The average molecular weight is 287 g/mol. The van der Waals surface area contributed by atoms with Crippen molar-refractivity contribution in [2.45, 2.75) is 44.3 Å². The van der Waals surface area contributed by atoms with Crippen molar-refractivity contribution in [3.05, 3.63) is 18.5 Å². The maximum atomic E-state index is 13.8. The minimum Gasteiger partial charge on any atom is -0.383 e. The van der Waals surface area contributed by atoms with E-state index in [1.54, 1.807) is 23.1 Å². The van der Waals surface area contributed by atoms with Crippen LogP contribution in [0.25, 0.3) is 0 Å². The Hall–Kier alpha value is -1.50. The molecule has 0 spiro atoms. The highest BCUT2D eigenvalue weighted by molar-refractivity contribution is 5.85. The summed E-state index contributed by atoms with van der Waals surface area (Å²) in [5.74, 6) is -5.16. The predicted molar refractivity (Wildman–Crippen MR) is 68.1 cm³/mol. The zero-order valence-electron chi connectivity index (χ0n) is 11.4. The van der Waals surface area contributed by atoms with Gasteiger partial charge in [-0.3, -0.25) is 9.48 Å². The molecule has 7 heteroatoms. The van der Waals surface area contributed by atoms with Crippen molar-refractivity contribution < 1.29 is 18.7 Å². The van der Waals surface area contributed by atoms with E-state index >= 15 is 0 Å². The van der Waals surface area contributed by atoms with Gasteiger partial charge in [-0.15, -0.1) is 0 Å². The van der Waals surface area contributed by atoms with Crippen LogP contribution >= 0.6 is 0 Å². The number of nitrogens with one attached hydrogen (secondary N) is 1. The van der Waals surface area contributed by atoms with Crippen LogP contribution in [0.1, 0.15) is 26.2 Å². The second-order valence-corrected chi connectivity index (χ2v) is 5.50. The molecule has 20 heavy (non-hydrogen) atoms. The molecule has 0 aromatic carbocycles. The predicted octanol–water partition coefficient (Wildman–Crippen LogP) is 1.19. The molecule has 1 amide bonds. The highest BCUT2D eigenvalue weighted by Gasteiger charge is 2.61. The first-order valence-electron chi connectivity index (χ1n) is 6.71. The van der Waals surface area contributed by atoms with E-state index in [-0.39, 0.29) is 25.3 Å². The molecule has 0 bridgehead atoms. The summed E-state index contributed by atoms with van der Waals surface area (Å²) >= 11 is 0. The molecule has 1 unspecified atom stereocenters. The van der Waals surface area contributed by atoms with E-state index in [9.17, 15) is 18.7 Å². The first-order valence-corrected chi connectivity index (χ1v) is 6.71. The molecule has 5 nitrogen and oxygen atoms in total. The van der Waals surface area contributed by atoms with E-state index in [2.05, 4.69) is 10.4 Å². The van der Waals surface area contributed by atoms with E-state index in [4.69, 9.17) is 0 Å². The first kappa shape index (κ1) is 14.9. The van der Waals surface area contributed by atoms with Gasteiger partial charge in [-0.25, -0.2) is 0 Å². The highest BCUT2D eigenvalue weighted by Crippen LogP contribution is 2.44. The lowest BCUT2D eigenvalue weighted by molar-refractivity contribution is -0.216. The molecule has 1 aromatic rings. The minimum absolute atomic E-state index is 0.0315. The largest absolute Gasteiger partial charge is 0.383 e. The lowest BCUT2D eigenvalue weighted by Crippen LogP contribution is -2.61. The molecule has 2 rings (SSSR count). The molecule has 1 aromatic heterocycles. The highest BCUT2D eigenvalue weighted by atomic mass is 19.3. The van der Waals surface area contributed by atoms with Crippen molar-refractivity contribution in [3.63, 3.8) is 0 Å². The Morgan fingerprint density at radius 1 is 1.60 bits per heavy atom. The fourth-order valence-electron chi connectivity index (χ4n) is 2.21. The van der Waals surface area contributed by atoms with Gasteiger partial charge < -0.3 is 10.4 Å². The number of hydrogen-bond acceptors (Lipinski definition) is 3. The Kier molecular flexibility index (Phi) is 4.08. The van der Waals surface area contributed by atoms with E-state index in [1.807, 2.05) is 6.92 Å². The van der Waals surface area contributed by atoms with Crippen LogP contribution in [-0.2, 0) is 11.3 Å². The molecule has 1 fully saturated rings. The molecule has 2 N–H and O–H groups in total. The number of carbonyl (C=O) groups excluding carboxylic acids is 1. The molecule has 112 valence electrons. The number of hydrogen-bond donors (Lipinski definition) is 2. The van der Waals surface area contributed by atoms with Crippen molar-refractivity contribution >= 4 is 5.91 Å². The quantitative estimate of drug-likeness (QED) is 0.826. The number of nitrogens with zero attached hydrogens (tertiary/aromatic N) is 2. The van der Waals surface area contributed by atoms with E-state index in [1.165, 1.54) is 0 Å². The van der Waals surface area contributed by atoms with Crippen LogP contribution in [0.2, 0.25) is 0 Å². The SMILES string of the molecule is CC(CNC(=O)C(F)(F)C1(O)CCC1)Cn1cccn1. The third-order valence-corrected chi connectivity index (χ3v) is 3.72. The summed E-state index contributed by atoms with van der Waals surface area (Å²) in [5.41, 5.74) is -2.16. The molecule has 1 heterocycles. The Bertz CT molecular complexity index is 458. The van der Waals surface area contributed by atoms with Crippen molar-refractivity contribution in [1.82, 2.24) is 15.1 Å². The first-order chi connectivity index (χ1) is 9.35. The number of halogens is 2. The number of amides is 1. The van der Waals surface area contributed by atoms with Gasteiger partial charge in [-0.05, 0) is 31.2 Å². The minimum atomic E-state index is -3.73. The molecule has 1 aliphatic rings. The van der Waals surface area contributed by atoms with Gasteiger partial charge in [0.25, 0.3) is 5.91 Å². The van der Waals surface area contributed by atoms with Crippen LogP contribution in [0.5, 0.6) is 0 Å². The van der Waals surface area contributed by atoms with Crippen LogP contribution in [0.15, 0.2) is 18.5 Å². The van der Waals surface area contributed by atoms with E-state index < -0.39 is 17.4 Å². The smallest absolute Gasteiger partial charge is 0.352 e. The second kappa shape index (κ2) is 5.47. The van der Waals surface area contributed by atoms with Crippen LogP contribution < -0.4 is 5.32 Å². The summed E-state index contributed by atoms with van der Waals surface area (Å²) in [5, 5.41) is 15.9. The summed E-state index contributed by atoms with van der Waals surface area (Å²) in [6.45, 7) is 2.48. The Balaban J connectivity index is 1.82. The Morgan fingerprint density at radius 3 is 2.80 bits per heavy atom. The van der Waals surface area contributed by atoms with Gasteiger partial charge in [0, 0.05) is 25.5 Å². The van der Waals surface area contributed by atoms with Gasteiger partial charge in [0.15, 0.2) is 0 Å². The summed E-state index contributed by atoms with van der Waals surface area (Å²) in [7, 11) is 0. The average Bonchev–Trinajstić information content (AvgIpc) is 2.85. The van der Waals surface area contributed by atoms with Gasteiger partial charge in [0.2, 0.25) is 0 Å². The Labute approximate surface area is 116 Å². The molecule has 0 saturated heterocycles. The normalized spacial score (nSPS) is 19.2. The van der Waals surface area contributed by atoms with Gasteiger partial charge in [0.05, 0.1) is 0 Å². The summed E-state index contributed by atoms with van der Waals surface area (Å²) in [6, 6.07) is 1.77. The van der Waals surface area contributed by atoms with Crippen LogP contribution in [0.3, 0.4) is 0 Å². The van der Waals surface area contributed by atoms with Crippen LogP contribution in [0.4, 0.5) is 8.78 Å². The number of alkyl halides is 2. The van der Waals surface area contributed by atoms with Crippen molar-refractivity contribution in [3.8, 4) is 0 Å². The number of carbonyl (C=O) groups is 1. The van der Waals surface area contributed by atoms with Gasteiger partial charge in [0.1, 0.15) is 5.60 Å². The lowest BCUT2D eigenvalue weighted by atomic mass is 9.75. The van der Waals surface area contributed by atoms with E-state index in [0.29, 0.717) is 13.0 Å².